The molecule has 0 aliphatic rings. The first-order valence-electron chi connectivity index (χ1n) is 13.4. The van der Waals surface area contributed by atoms with Crippen LogP contribution in [0.4, 0.5) is 17.1 Å². The SMILES string of the molecule is Cn1cc(NC(=O)c2cc(NC(=O)c3nccn3C)cn2C)cc1C(=O)NCNc1ccnc2c1ccc1cccnc12. The predicted octanol–water partition coefficient (Wildman–Crippen LogP) is 3.50. The number of amides is 3. The number of hydrogen-bond acceptors (Lipinski definition) is 7. The highest BCUT2D eigenvalue weighted by Crippen LogP contribution is 2.27. The molecule has 6 rings (SSSR count). The minimum absolute atomic E-state index is 0.168. The number of fused-ring (bicyclic) bond motifs is 3. The fourth-order valence-corrected chi connectivity index (χ4v) is 4.90. The lowest BCUT2D eigenvalue weighted by atomic mass is 10.1. The third-order valence-corrected chi connectivity index (χ3v) is 7.03. The largest absolute Gasteiger partial charge is 0.367 e. The first-order valence-corrected chi connectivity index (χ1v) is 13.4. The number of pyridine rings is 2. The molecule has 13 nitrogen and oxygen atoms in total. The number of rotatable bonds is 8. The zero-order valence-electron chi connectivity index (χ0n) is 23.6. The molecular weight excluding hydrogens is 548 g/mol. The van der Waals surface area contributed by atoms with Crippen molar-refractivity contribution in [2.24, 2.45) is 21.1 Å². The molecule has 5 aromatic heterocycles. The molecule has 6 aromatic rings. The molecule has 0 saturated carbocycles. The van der Waals surface area contributed by atoms with Crippen LogP contribution in [0, 0.1) is 0 Å². The van der Waals surface area contributed by atoms with Crippen molar-refractivity contribution in [3.63, 3.8) is 0 Å². The highest BCUT2D eigenvalue weighted by Gasteiger charge is 2.18. The zero-order valence-corrected chi connectivity index (χ0v) is 23.6. The summed E-state index contributed by atoms with van der Waals surface area (Å²) in [6.45, 7) is 0.168. The van der Waals surface area contributed by atoms with Crippen LogP contribution in [-0.4, -0.2) is 53.0 Å². The van der Waals surface area contributed by atoms with Gasteiger partial charge in [-0.2, -0.15) is 0 Å². The molecule has 0 bridgehead atoms. The van der Waals surface area contributed by atoms with Gasteiger partial charge >= 0.3 is 0 Å². The second-order valence-corrected chi connectivity index (χ2v) is 9.97. The predicted molar refractivity (Wildman–Crippen MR) is 163 cm³/mol. The number of nitrogens with zero attached hydrogens (tertiary/aromatic N) is 6. The molecule has 0 radical (unpaired) electrons. The van der Waals surface area contributed by atoms with Gasteiger partial charge in [0.15, 0.2) is 5.82 Å². The van der Waals surface area contributed by atoms with Gasteiger partial charge in [-0.3, -0.25) is 24.4 Å². The normalized spacial score (nSPS) is 11.0. The fraction of sp³-hybridized carbons (Fsp3) is 0.133. The van der Waals surface area contributed by atoms with Crippen LogP contribution in [0.1, 0.15) is 31.6 Å². The maximum Gasteiger partial charge on any atom is 0.291 e. The molecule has 1 aromatic carbocycles. The van der Waals surface area contributed by atoms with Gasteiger partial charge in [0.2, 0.25) is 0 Å². The van der Waals surface area contributed by atoms with Gasteiger partial charge in [-0.15, -0.1) is 0 Å². The monoisotopic (exact) mass is 576 g/mol. The first-order chi connectivity index (χ1) is 20.8. The quantitative estimate of drug-likeness (QED) is 0.160. The number of carbonyl (C=O) groups excluding carboxylic acids is 3. The van der Waals surface area contributed by atoms with Gasteiger partial charge in [0.1, 0.15) is 11.4 Å². The van der Waals surface area contributed by atoms with Crippen molar-refractivity contribution in [3.8, 4) is 0 Å². The molecule has 43 heavy (non-hydrogen) atoms. The van der Waals surface area contributed by atoms with Crippen LogP contribution in [0.15, 0.2) is 79.6 Å². The van der Waals surface area contributed by atoms with E-state index in [-0.39, 0.29) is 24.3 Å². The number of aromatic nitrogens is 6. The molecule has 13 heteroatoms. The highest BCUT2D eigenvalue weighted by molar-refractivity contribution is 6.08. The number of imidazole rings is 1. The van der Waals surface area contributed by atoms with Crippen LogP contribution in [-0.2, 0) is 21.1 Å². The number of nitrogens with one attached hydrogen (secondary N) is 4. The van der Waals surface area contributed by atoms with Gasteiger partial charge in [0.25, 0.3) is 17.7 Å². The summed E-state index contributed by atoms with van der Waals surface area (Å²) in [5.74, 6) is -0.856. The average molecular weight is 577 g/mol. The van der Waals surface area contributed by atoms with Crippen molar-refractivity contribution < 1.29 is 14.4 Å². The number of benzene rings is 1. The molecule has 0 spiro atoms. The molecule has 0 saturated heterocycles. The Morgan fingerprint density at radius 3 is 2.14 bits per heavy atom. The van der Waals surface area contributed by atoms with Crippen LogP contribution in [0.5, 0.6) is 0 Å². The van der Waals surface area contributed by atoms with Crippen LogP contribution in [0.2, 0.25) is 0 Å². The van der Waals surface area contributed by atoms with Crippen molar-refractivity contribution in [2.75, 3.05) is 22.6 Å². The van der Waals surface area contributed by atoms with Crippen molar-refractivity contribution >= 4 is 56.6 Å². The summed E-state index contributed by atoms with van der Waals surface area (Å²) in [6.07, 6.45) is 9.94. The lowest BCUT2D eigenvalue weighted by molar-refractivity contribution is 0.0946. The number of hydrogen-bond donors (Lipinski definition) is 4. The molecule has 5 heterocycles. The molecule has 0 atom stereocenters. The van der Waals surface area contributed by atoms with E-state index in [0.717, 1.165) is 27.5 Å². The van der Waals surface area contributed by atoms with E-state index in [1.54, 1.807) is 78.0 Å². The van der Waals surface area contributed by atoms with Crippen LogP contribution >= 0.6 is 0 Å². The van der Waals surface area contributed by atoms with Gasteiger partial charge in [-0.25, -0.2) is 4.98 Å². The third kappa shape index (κ3) is 5.38. The second kappa shape index (κ2) is 11.1. The molecule has 0 unspecified atom stereocenters. The summed E-state index contributed by atoms with van der Waals surface area (Å²) < 4.78 is 4.84. The van der Waals surface area contributed by atoms with E-state index >= 15 is 0 Å². The van der Waals surface area contributed by atoms with Crippen molar-refractivity contribution in [2.45, 2.75) is 0 Å². The Balaban J connectivity index is 1.09. The summed E-state index contributed by atoms with van der Waals surface area (Å²) >= 11 is 0. The Kier molecular flexibility index (Phi) is 7.04. The summed E-state index contributed by atoms with van der Waals surface area (Å²) in [5.41, 5.74) is 3.99. The summed E-state index contributed by atoms with van der Waals surface area (Å²) in [4.78, 5) is 51.5. The Labute approximate surface area is 245 Å². The van der Waals surface area contributed by atoms with E-state index in [9.17, 15) is 14.4 Å². The fourth-order valence-electron chi connectivity index (χ4n) is 4.90. The van der Waals surface area contributed by atoms with E-state index < -0.39 is 5.91 Å². The van der Waals surface area contributed by atoms with Crippen LogP contribution < -0.4 is 21.3 Å². The van der Waals surface area contributed by atoms with Gasteiger partial charge in [0.05, 0.1) is 29.1 Å². The molecule has 216 valence electrons. The van der Waals surface area contributed by atoms with Gasteiger partial charge in [0, 0.05) is 74.8 Å². The van der Waals surface area contributed by atoms with Gasteiger partial charge in [-0.05, 0) is 30.3 Å². The molecular formula is C30H28N10O3. The molecule has 0 aliphatic carbocycles. The maximum absolute atomic E-state index is 13.0. The highest BCUT2D eigenvalue weighted by atomic mass is 16.2. The summed E-state index contributed by atoms with van der Waals surface area (Å²) in [6, 6.07) is 12.9. The Hall–Kier alpha value is -5.98. The molecule has 3 amide bonds. The minimum atomic E-state index is -0.397. The van der Waals surface area contributed by atoms with Gasteiger partial charge < -0.3 is 35.0 Å². The minimum Gasteiger partial charge on any atom is -0.367 e. The number of aryl methyl sites for hydroxylation is 3. The van der Waals surface area contributed by atoms with Crippen LogP contribution in [0.25, 0.3) is 21.8 Å². The van der Waals surface area contributed by atoms with Crippen molar-refractivity contribution in [1.29, 1.82) is 0 Å². The Morgan fingerprint density at radius 1 is 0.721 bits per heavy atom. The second-order valence-electron chi connectivity index (χ2n) is 9.97. The van der Waals surface area contributed by atoms with Crippen molar-refractivity contribution in [3.05, 3.63) is 96.9 Å². The number of anilines is 3. The number of carbonyl (C=O) groups is 3. The average Bonchev–Trinajstić information content (AvgIpc) is 3.70. The third-order valence-electron chi connectivity index (χ3n) is 7.03. The van der Waals surface area contributed by atoms with E-state index in [2.05, 4.69) is 36.2 Å². The smallest absolute Gasteiger partial charge is 0.291 e. The summed E-state index contributed by atoms with van der Waals surface area (Å²) in [7, 11) is 5.15. The topological polar surface area (TPSA) is 153 Å². The lowest BCUT2D eigenvalue weighted by Gasteiger charge is -2.11. The van der Waals surface area contributed by atoms with Gasteiger partial charge in [-0.1, -0.05) is 12.1 Å². The molecule has 0 aliphatic heterocycles. The van der Waals surface area contributed by atoms with E-state index in [1.165, 1.54) is 6.20 Å². The Morgan fingerprint density at radius 2 is 1.42 bits per heavy atom. The van der Waals surface area contributed by atoms with Crippen molar-refractivity contribution in [1.82, 2.24) is 34.0 Å². The van der Waals surface area contributed by atoms with Crippen LogP contribution in [0.3, 0.4) is 0 Å². The van der Waals surface area contributed by atoms with E-state index in [4.69, 9.17) is 0 Å². The lowest BCUT2D eigenvalue weighted by Crippen LogP contribution is -2.30. The van der Waals surface area contributed by atoms with E-state index in [0.29, 0.717) is 22.8 Å². The summed E-state index contributed by atoms with van der Waals surface area (Å²) in [5, 5.41) is 13.6. The molecule has 0 fully saturated rings. The maximum atomic E-state index is 13.0. The first kappa shape index (κ1) is 27.2. The molecule has 4 N–H and O–H groups in total. The standard InChI is InChI=1S/C30H28N10O3/c1-38-12-11-33-27(38)30(43)37-20-14-24(40(3)16-20)29(42)36-19-13-23(39(2)15-19)28(41)35-17-34-22-8-10-32-26-21(22)7-6-18-5-4-9-31-25(18)26/h4-16H,17H2,1-3H3,(H,32,34)(H,35,41)(H,36,42)(H,37,43). The zero-order chi connectivity index (χ0) is 30.1. The van der Waals surface area contributed by atoms with E-state index in [1.807, 2.05) is 30.3 Å². The Bertz CT molecular complexity index is 2020.